The molecule has 1 aromatic rings. The lowest BCUT2D eigenvalue weighted by Crippen LogP contribution is -2.34. The van der Waals surface area contributed by atoms with Crippen LogP contribution in [0.25, 0.3) is 0 Å². The molecular weight excluding hydrogens is 258 g/mol. The number of carbonyl (C=O) groups is 1. The lowest BCUT2D eigenvalue weighted by atomic mass is 10.3. The molecule has 0 unspecified atom stereocenters. The SMILES string of the molecule is Cc1ncccc1NS(=O)(=O)N(C)CCC(=O)O. The molecule has 0 aromatic carbocycles. The quantitative estimate of drug-likeness (QED) is 0.784. The third-order valence-electron chi connectivity index (χ3n) is 2.30. The highest BCUT2D eigenvalue weighted by atomic mass is 32.2. The molecule has 0 saturated carbocycles. The van der Waals surface area contributed by atoms with Crippen LogP contribution in [0.3, 0.4) is 0 Å². The predicted molar refractivity (Wildman–Crippen MR) is 66.4 cm³/mol. The fourth-order valence-electron chi connectivity index (χ4n) is 1.18. The first-order valence-corrected chi connectivity index (χ1v) is 6.64. The monoisotopic (exact) mass is 273 g/mol. The van der Waals surface area contributed by atoms with Crippen molar-refractivity contribution < 1.29 is 18.3 Å². The van der Waals surface area contributed by atoms with Crippen molar-refractivity contribution in [3.05, 3.63) is 24.0 Å². The Labute approximate surface area is 106 Å². The van der Waals surface area contributed by atoms with Crippen molar-refractivity contribution in [2.45, 2.75) is 13.3 Å². The van der Waals surface area contributed by atoms with Gasteiger partial charge in [0.05, 0.1) is 17.8 Å². The molecule has 0 bridgehead atoms. The molecule has 2 N–H and O–H groups in total. The van der Waals surface area contributed by atoms with E-state index in [1.165, 1.54) is 7.05 Å². The van der Waals surface area contributed by atoms with Gasteiger partial charge in [-0.25, -0.2) is 0 Å². The number of carboxylic acids is 1. The van der Waals surface area contributed by atoms with Crippen LogP contribution in [-0.4, -0.2) is 42.4 Å². The van der Waals surface area contributed by atoms with Crippen LogP contribution in [0.1, 0.15) is 12.1 Å². The van der Waals surface area contributed by atoms with Crippen molar-refractivity contribution in [1.29, 1.82) is 0 Å². The summed E-state index contributed by atoms with van der Waals surface area (Å²) >= 11 is 0. The molecule has 0 fully saturated rings. The molecule has 0 atom stereocenters. The van der Waals surface area contributed by atoms with Crippen molar-refractivity contribution in [1.82, 2.24) is 9.29 Å². The normalized spacial score (nSPS) is 11.5. The number of aliphatic carboxylic acids is 1. The lowest BCUT2D eigenvalue weighted by molar-refractivity contribution is -0.137. The molecule has 1 aromatic heterocycles. The van der Waals surface area contributed by atoms with E-state index in [0.717, 1.165) is 4.31 Å². The molecule has 0 amide bonds. The average Bonchev–Trinajstić information content (AvgIpc) is 2.28. The summed E-state index contributed by atoms with van der Waals surface area (Å²) in [6.45, 7) is 1.58. The number of hydrogen-bond acceptors (Lipinski definition) is 4. The molecule has 7 nitrogen and oxygen atoms in total. The van der Waals surface area contributed by atoms with Gasteiger partial charge in [-0.2, -0.15) is 12.7 Å². The summed E-state index contributed by atoms with van der Waals surface area (Å²) in [5, 5.41) is 8.51. The zero-order valence-electron chi connectivity index (χ0n) is 10.1. The Morgan fingerprint density at radius 2 is 2.22 bits per heavy atom. The Morgan fingerprint density at radius 3 is 2.78 bits per heavy atom. The van der Waals surface area contributed by atoms with E-state index in [4.69, 9.17) is 5.11 Å². The maximum Gasteiger partial charge on any atom is 0.304 e. The standard InChI is InChI=1S/C10H15N3O4S/c1-8-9(4-3-6-11-8)12-18(16,17)13(2)7-5-10(14)15/h3-4,6,12H,5,7H2,1-2H3,(H,14,15). The van der Waals surface area contributed by atoms with Gasteiger partial charge in [-0.15, -0.1) is 0 Å². The summed E-state index contributed by atoms with van der Waals surface area (Å²) in [5.74, 6) is -1.05. The Morgan fingerprint density at radius 1 is 1.56 bits per heavy atom. The summed E-state index contributed by atoms with van der Waals surface area (Å²) < 4.78 is 27.0. The molecule has 0 aliphatic carbocycles. The highest BCUT2D eigenvalue weighted by molar-refractivity contribution is 7.90. The molecule has 0 radical (unpaired) electrons. The second kappa shape index (κ2) is 5.78. The van der Waals surface area contributed by atoms with Gasteiger partial charge in [-0.05, 0) is 19.1 Å². The van der Waals surface area contributed by atoms with Gasteiger partial charge in [-0.1, -0.05) is 0 Å². The second-order valence-corrected chi connectivity index (χ2v) is 5.49. The number of carboxylic acid groups (broad SMARTS) is 1. The van der Waals surface area contributed by atoms with Crippen LogP contribution in [0.4, 0.5) is 5.69 Å². The minimum Gasteiger partial charge on any atom is -0.481 e. The molecular formula is C10H15N3O4S. The van der Waals surface area contributed by atoms with Crippen molar-refractivity contribution in [3.8, 4) is 0 Å². The molecule has 1 heterocycles. The summed E-state index contributed by atoms with van der Waals surface area (Å²) in [5.41, 5.74) is 0.924. The van der Waals surface area contributed by atoms with E-state index in [0.29, 0.717) is 11.4 Å². The van der Waals surface area contributed by atoms with E-state index in [1.807, 2.05) is 0 Å². The first-order valence-electron chi connectivity index (χ1n) is 5.20. The van der Waals surface area contributed by atoms with E-state index in [-0.39, 0.29) is 13.0 Å². The van der Waals surface area contributed by atoms with Gasteiger partial charge in [0.2, 0.25) is 0 Å². The molecule has 0 saturated heterocycles. The molecule has 100 valence electrons. The van der Waals surface area contributed by atoms with Crippen LogP contribution in [0.2, 0.25) is 0 Å². The number of rotatable bonds is 6. The van der Waals surface area contributed by atoms with Crippen LogP contribution in [0.5, 0.6) is 0 Å². The Kier molecular flexibility index (Phi) is 4.62. The van der Waals surface area contributed by atoms with Crippen LogP contribution < -0.4 is 4.72 Å². The van der Waals surface area contributed by atoms with E-state index < -0.39 is 16.2 Å². The third kappa shape index (κ3) is 3.97. The van der Waals surface area contributed by atoms with E-state index >= 15 is 0 Å². The summed E-state index contributed by atoms with van der Waals surface area (Å²) in [6.07, 6.45) is 1.31. The third-order valence-corrected chi connectivity index (χ3v) is 3.78. The maximum absolute atomic E-state index is 11.9. The van der Waals surface area contributed by atoms with Crippen molar-refractivity contribution in [2.24, 2.45) is 0 Å². The number of pyridine rings is 1. The number of aryl methyl sites for hydroxylation is 1. The predicted octanol–water partition coefficient (Wildman–Crippen LogP) is 0.453. The number of nitrogens with zero attached hydrogens (tertiary/aromatic N) is 2. The largest absolute Gasteiger partial charge is 0.481 e. The van der Waals surface area contributed by atoms with Gasteiger partial charge >= 0.3 is 16.2 Å². The molecule has 8 heteroatoms. The average molecular weight is 273 g/mol. The Balaban J connectivity index is 2.76. The second-order valence-electron chi connectivity index (χ2n) is 3.71. The Hall–Kier alpha value is -1.67. The van der Waals surface area contributed by atoms with Gasteiger partial charge in [0.1, 0.15) is 0 Å². The molecule has 0 aliphatic heterocycles. The first-order chi connectivity index (χ1) is 8.33. The summed E-state index contributed by atoms with van der Waals surface area (Å²) in [4.78, 5) is 14.3. The molecule has 0 aliphatic rings. The van der Waals surface area contributed by atoms with Gasteiger partial charge in [-0.3, -0.25) is 14.5 Å². The zero-order chi connectivity index (χ0) is 13.8. The first kappa shape index (κ1) is 14.4. The van der Waals surface area contributed by atoms with Gasteiger partial charge < -0.3 is 5.11 Å². The van der Waals surface area contributed by atoms with Crippen LogP contribution in [0, 0.1) is 6.92 Å². The van der Waals surface area contributed by atoms with Gasteiger partial charge in [0.15, 0.2) is 0 Å². The number of hydrogen-bond donors (Lipinski definition) is 2. The highest BCUT2D eigenvalue weighted by Gasteiger charge is 2.19. The minimum absolute atomic E-state index is 0.0933. The smallest absolute Gasteiger partial charge is 0.304 e. The van der Waals surface area contributed by atoms with Gasteiger partial charge in [0.25, 0.3) is 0 Å². The minimum atomic E-state index is -3.75. The van der Waals surface area contributed by atoms with E-state index in [2.05, 4.69) is 9.71 Å². The number of nitrogens with one attached hydrogen (secondary N) is 1. The number of aromatic nitrogens is 1. The lowest BCUT2D eigenvalue weighted by Gasteiger charge is -2.18. The van der Waals surface area contributed by atoms with E-state index in [1.54, 1.807) is 25.3 Å². The topological polar surface area (TPSA) is 99.6 Å². The van der Waals surface area contributed by atoms with Gasteiger partial charge in [0, 0.05) is 19.8 Å². The molecule has 18 heavy (non-hydrogen) atoms. The number of anilines is 1. The fraction of sp³-hybridized carbons (Fsp3) is 0.400. The van der Waals surface area contributed by atoms with Crippen LogP contribution in [-0.2, 0) is 15.0 Å². The van der Waals surface area contributed by atoms with Crippen molar-refractivity contribution in [2.75, 3.05) is 18.3 Å². The van der Waals surface area contributed by atoms with Crippen LogP contribution >= 0.6 is 0 Å². The highest BCUT2D eigenvalue weighted by Crippen LogP contribution is 2.13. The summed E-state index contributed by atoms with van der Waals surface area (Å²) in [7, 11) is -2.44. The van der Waals surface area contributed by atoms with E-state index in [9.17, 15) is 13.2 Å². The van der Waals surface area contributed by atoms with Crippen LogP contribution in [0.15, 0.2) is 18.3 Å². The molecule has 0 spiro atoms. The fourth-order valence-corrected chi connectivity index (χ4v) is 2.16. The van der Waals surface area contributed by atoms with Crippen molar-refractivity contribution in [3.63, 3.8) is 0 Å². The van der Waals surface area contributed by atoms with Crippen molar-refractivity contribution >= 4 is 21.9 Å². The summed E-state index contributed by atoms with van der Waals surface area (Å²) in [6, 6.07) is 3.20. The molecule has 1 rings (SSSR count). The zero-order valence-corrected chi connectivity index (χ0v) is 10.9. The maximum atomic E-state index is 11.9. The Bertz CT molecular complexity index is 530.